The van der Waals surface area contributed by atoms with Gasteiger partial charge in [0, 0.05) is 31.4 Å². The SMILES string of the molecule is CCC(OC(C)=O)C1(O)CCC(N2CC(NC(=O)CNc3ncnc4ccc(C(F)(F)F)cc34)C2)CC1. The van der Waals surface area contributed by atoms with Gasteiger partial charge in [0.1, 0.15) is 23.9 Å². The number of aliphatic hydroxyl groups is 1. The first kappa shape index (κ1) is 27.1. The van der Waals surface area contributed by atoms with Gasteiger partial charge in [0.25, 0.3) is 0 Å². The van der Waals surface area contributed by atoms with Gasteiger partial charge in [0.15, 0.2) is 0 Å². The minimum absolute atomic E-state index is 0.0291. The Hall–Kier alpha value is -2.99. The molecule has 2 aliphatic rings. The van der Waals surface area contributed by atoms with Crippen molar-refractivity contribution in [1.29, 1.82) is 0 Å². The average Bonchev–Trinajstić information content (AvgIpc) is 2.83. The highest BCUT2D eigenvalue weighted by atomic mass is 19.4. The minimum Gasteiger partial charge on any atom is -0.460 e. The maximum Gasteiger partial charge on any atom is 0.416 e. The van der Waals surface area contributed by atoms with E-state index in [0.29, 0.717) is 37.9 Å². The van der Waals surface area contributed by atoms with E-state index in [4.69, 9.17) is 4.74 Å². The quantitative estimate of drug-likeness (QED) is 0.453. The van der Waals surface area contributed by atoms with Crippen molar-refractivity contribution >= 4 is 28.6 Å². The molecule has 0 bridgehead atoms. The molecular weight excluding hydrogens is 491 g/mol. The molecule has 9 nitrogen and oxygen atoms in total. The lowest BCUT2D eigenvalue weighted by molar-refractivity contribution is -0.170. The van der Waals surface area contributed by atoms with Crippen molar-refractivity contribution in [2.24, 2.45) is 0 Å². The van der Waals surface area contributed by atoms with Crippen LogP contribution in [0.25, 0.3) is 10.9 Å². The second kappa shape index (κ2) is 10.8. The number of esters is 1. The fourth-order valence-corrected chi connectivity index (χ4v) is 5.28. The van der Waals surface area contributed by atoms with Crippen molar-refractivity contribution in [2.45, 2.75) is 75.9 Å². The number of hydrogen-bond acceptors (Lipinski definition) is 8. The number of anilines is 1. The Morgan fingerprint density at radius 2 is 1.95 bits per heavy atom. The molecule has 2 heterocycles. The van der Waals surface area contributed by atoms with Crippen LogP contribution in [0.15, 0.2) is 24.5 Å². The average molecular weight is 524 g/mol. The molecule has 4 rings (SSSR count). The van der Waals surface area contributed by atoms with Crippen LogP contribution in [0.2, 0.25) is 0 Å². The van der Waals surface area contributed by atoms with Crippen LogP contribution >= 0.6 is 0 Å². The van der Waals surface area contributed by atoms with E-state index in [1.54, 1.807) is 0 Å². The Kier molecular flexibility index (Phi) is 7.88. The second-order valence-corrected chi connectivity index (χ2v) is 9.86. The van der Waals surface area contributed by atoms with Crippen molar-refractivity contribution < 1.29 is 32.6 Å². The molecule has 3 N–H and O–H groups in total. The Morgan fingerprint density at radius 3 is 2.57 bits per heavy atom. The molecule has 1 aromatic heterocycles. The first-order valence-corrected chi connectivity index (χ1v) is 12.5. The van der Waals surface area contributed by atoms with E-state index in [1.807, 2.05) is 6.92 Å². The highest BCUT2D eigenvalue weighted by Crippen LogP contribution is 2.37. The van der Waals surface area contributed by atoms with Crippen molar-refractivity contribution in [1.82, 2.24) is 20.2 Å². The van der Waals surface area contributed by atoms with Crippen LogP contribution in [0.1, 0.15) is 51.5 Å². The maximum atomic E-state index is 13.1. The predicted molar refractivity (Wildman–Crippen MR) is 130 cm³/mol. The number of likely N-dealkylation sites (tertiary alicyclic amines) is 1. The summed E-state index contributed by atoms with van der Waals surface area (Å²) < 4.78 is 44.6. The molecule has 2 fully saturated rings. The molecule has 1 unspecified atom stereocenters. The number of amides is 1. The number of carbonyl (C=O) groups excluding carboxylic acids is 2. The number of fused-ring (bicyclic) bond motifs is 1. The van der Waals surface area contributed by atoms with E-state index in [1.165, 1.54) is 19.3 Å². The topological polar surface area (TPSA) is 117 Å². The van der Waals surface area contributed by atoms with Gasteiger partial charge in [-0.15, -0.1) is 0 Å². The third-order valence-electron chi connectivity index (χ3n) is 7.27. The fraction of sp³-hybridized carbons (Fsp3) is 0.600. The van der Waals surface area contributed by atoms with Gasteiger partial charge in [-0.1, -0.05) is 6.92 Å². The largest absolute Gasteiger partial charge is 0.460 e. The lowest BCUT2D eigenvalue weighted by atomic mass is 9.76. The first-order valence-electron chi connectivity index (χ1n) is 12.5. The lowest BCUT2D eigenvalue weighted by Crippen LogP contribution is -2.64. The Labute approximate surface area is 212 Å². The number of alkyl halides is 3. The molecule has 1 amide bonds. The summed E-state index contributed by atoms with van der Waals surface area (Å²) in [6.45, 7) is 4.47. The van der Waals surface area contributed by atoms with Gasteiger partial charge in [0.05, 0.1) is 23.7 Å². The van der Waals surface area contributed by atoms with Crippen molar-refractivity contribution in [3.05, 3.63) is 30.1 Å². The molecule has 1 saturated heterocycles. The molecular formula is C25H32F3N5O4. The fourth-order valence-electron chi connectivity index (χ4n) is 5.28. The number of halogens is 3. The third-order valence-corrected chi connectivity index (χ3v) is 7.27. The van der Waals surface area contributed by atoms with Crippen LogP contribution < -0.4 is 10.6 Å². The van der Waals surface area contributed by atoms with E-state index in [0.717, 1.165) is 25.0 Å². The van der Waals surface area contributed by atoms with E-state index >= 15 is 0 Å². The zero-order valence-corrected chi connectivity index (χ0v) is 20.8. The summed E-state index contributed by atoms with van der Waals surface area (Å²) in [6, 6.07) is 3.47. The molecule has 2 aromatic rings. The molecule has 37 heavy (non-hydrogen) atoms. The number of ether oxygens (including phenoxy) is 1. The Morgan fingerprint density at radius 1 is 1.24 bits per heavy atom. The summed E-state index contributed by atoms with van der Waals surface area (Å²) in [4.78, 5) is 34.1. The summed E-state index contributed by atoms with van der Waals surface area (Å²) in [6.07, 6.45) is -0.567. The van der Waals surface area contributed by atoms with Gasteiger partial charge in [-0.05, 0) is 50.3 Å². The van der Waals surface area contributed by atoms with Crippen molar-refractivity contribution in [3.63, 3.8) is 0 Å². The van der Waals surface area contributed by atoms with Crippen LogP contribution in [0.5, 0.6) is 0 Å². The highest BCUT2D eigenvalue weighted by molar-refractivity contribution is 5.91. The number of nitrogens with one attached hydrogen (secondary N) is 2. The summed E-state index contributed by atoms with van der Waals surface area (Å²) in [5.74, 6) is -0.513. The van der Waals surface area contributed by atoms with Crippen LogP contribution in [-0.4, -0.2) is 75.3 Å². The normalized spacial score (nSPS) is 23.8. The zero-order chi connectivity index (χ0) is 26.8. The van der Waals surface area contributed by atoms with Gasteiger partial charge in [-0.2, -0.15) is 13.2 Å². The summed E-state index contributed by atoms with van der Waals surface area (Å²) in [5, 5.41) is 16.9. The Bertz CT molecular complexity index is 1130. The van der Waals surface area contributed by atoms with Gasteiger partial charge in [-0.25, -0.2) is 9.97 Å². The summed E-state index contributed by atoms with van der Waals surface area (Å²) in [5.41, 5.74) is -1.47. The van der Waals surface area contributed by atoms with E-state index in [-0.39, 0.29) is 35.7 Å². The number of hydrogen-bond donors (Lipinski definition) is 3. The summed E-state index contributed by atoms with van der Waals surface area (Å²) >= 11 is 0. The Balaban J connectivity index is 1.24. The lowest BCUT2D eigenvalue weighted by Gasteiger charge is -2.49. The smallest absolute Gasteiger partial charge is 0.416 e. The molecule has 12 heteroatoms. The summed E-state index contributed by atoms with van der Waals surface area (Å²) in [7, 11) is 0. The molecule has 1 saturated carbocycles. The van der Waals surface area contributed by atoms with Crippen molar-refractivity contribution in [3.8, 4) is 0 Å². The molecule has 1 aromatic carbocycles. The highest BCUT2D eigenvalue weighted by Gasteiger charge is 2.44. The van der Waals surface area contributed by atoms with Gasteiger partial charge >= 0.3 is 12.1 Å². The van der Waals surface area contributed by atoms with Gasteiger partial charge < -0.3 is 20.5 Å². The monoisotopic (exact) mass is 523 g/mol. The predicted octanol–water partition coefficient (Wildman–Crippen LogP) is 2.88. The molecule has 1 aliphatic carbocycles. The molecule has 1 aliphatic heterocycles. The number of nitrogens with zero attached hydrogens (tertiary/aromatic N) is 3. The number of benzene rings is 1. The molecule has 0 spiro atoms. The number of rotatable bonds is 8. The van der Waals surface area contributed by atoms with E-state index in [9.17, 15) is 27.9 Å². The van der Waals surface area contributed by atoms with E-state index in [2.05, 4.69) is 25.5 Å². The molecule has 0 radical (unpaired) electrons. The van der Waals surface area contributed by atoms with Crippen LogP contribution in [-0.2, 0) is 20.5 Å². The minimum atomic E-state index is -4.49. The van der Waals surface area contributed by atoms with Crippen LogP contribution in [0.3, 0.4) is 0 Å². The van der Waals surface area contributed by atoms with Crippen LogP contribution in [0.4, 0.5) is 19.0 Å². The first-order chi connectivity index (χ1) is 17.5. The third kappa shape index (κ3) is 6.30. The van der Waals surface area contributed by atoms with Gasteiger partial charge in [-0.3, -0.25) is 14.5 Å². The van der Waals surface area contributed by atoms with E-state index < -0.39 is 29.4 Å². The zero-order valence-electron chi connectivity index (χ0n) is 20.8. The van der Waals surface area contributed by atoms with Crippen LogP contribution in [0, 0.1) is 0 Å². The van der Waals surface area contributed by atoms with Gasteiger partial charge in [0.2, 0.25) is 5.91 Å². The number of aromatic nitrogens is 2. The molecule has 202 valence electrons. The number of carbonyl (C=O) groups is 2. The molecule has 1 atom stereocenters. The standard InChI is InChI=1S/C25H32F3N5O4/c1-3-21(37-15(2)34)24(36)8-6-18(7-9-24)33-12-17(13-33)32-22(35)11-29-23-19-10-16(25(26,27)28)4-5-20(19)30-14-31-23/h4-5,10,14,17-18,21,36H,3,6-9,11-13H2,1-2H3,(H,32,35)(H,29,30,31). The maximum absolute atomic E-state index is 13.1. The van der Waals surface area contributed by atoms with Crippen molar-refractivity contribution in [2.75, 3.05) is 25.0 Å². The second-order valence-electron chi connectivity index (χ2n) is 9.86.